The summed E-state index contributed by atoms with van der Waals surface area (Å²) >= 11 is 3.51. The Hall–Kier alpha value is -3.21. The fourth-order valence-electron chi connectivity index (χ4n) is 4.03. The Morgan fingerprint density at radius 2 is 2.16 bits per heavy atom. The number of nitrogens with one attached hydrogen (secondary N) is 2. The second kappa shape index (κ2) is 7.80. The average Bonchev–Trinajstić information content (AvgIpc) is 3.35. The van der Waals surface area contributed by atoms with Crippen LogP contribution in [0.3, 0.4) is 0 Å². The van der Waals surface area contributed by atoms with Gasteiger partial charge in [0.25, 0.3) is 0 Å². The Morgan fingerprint density at radius 3 is 2.94 bits per heavy atom. The van der Waals surface area contributed by atoms with Crippen molar-refractivity contribution in [3.63, 3.8) is 0 Å². The minimum absolute atomic E-state index is 0.0159. The van der Waals surface area contributed by atoms with E-state index in [0.717, 1.165) is 21.3 Å². The van der Waals surface area contributed by atoms with Crippen molar-refractivity contribution in [1.82, 2.24) is 29.5 Å². The molecule has 3 N–H and O–H groups in total. The molecule has 5 rings (SSSR count). The normalized spacial score (nSPS) is 19.2. The van der Waals surface area contributed by atoms with E-state index < -0.39 is 5.97 Å². The van der Waals surface area contributed by atoms with Gasteiger partial charge in [0, 0.05) is 12.6 Å². The molecule has 1 saturated heterocycles. The van der Waals surface area contributed by atoms with Crippen molar-refractivity contribution in [2.75, 3.05) is 16.8 Å². The van der Waals surface area contributed by atoms with Gasteiger partial charge in [-0.25, -0.2) is 4.98 Å². The Morgan fingerprint density at radius 1 is 1.32 bits per heavy atom. The third-order valence-electron chi connectivity index (χ3n) is 5.65. The van der Waals surface area contributed by atoms with Crippen molar-refractivity contribution in [1.29, 1.82) is 0 Å². The Kier molecular flexibility index (Phi) is 4.97. The molecule has 0 aliphatic carbocycles. The molecule has 10 nitrogen and oxygen atoms in total. The summed E-state index contributed by atoms with van der Waals surface area (Å²) in [7, 11) is 0. The molecule has 4 heterocycles. The van der Waals surface area contributed by atoms with E-state index in [4.69, 9.17) is 4.98 Å². The van der Waals surface area contributed by atoms with Gasteiger partial charge in [0.1, 0.15) is 5.82 Å². The fourth-order valence-corrected chi connectivity index (χ4v) is 4.38. The number of anilines is 2. The van der Waals surface area contributed by atoms with Gasteiger partial charge in [-0.2, -0.15) is 19.6 Å². The number of imidazole rings is 1. The lowest BCUT2D eigenvalue weighted by molar-refractivity contribution is -0.142. The van der Waals surface area contributed by atoms with Crippen LogP contribution in [0.4, 0.5) is 11.9 Å². The number of piperidine rings is 1. The summed E-state index contributed by atoms with van der Waals surface area (Å²) in [6, 6.07) is 7.88. The number of carboxylic acid groups (broad SMARTS) is 1. The van der Waals surface area contributed by atoms with E-state index in [1.54, 1.807) is 10.7 Å². The Labute approximate surface area is 185 Å². The Bertz CT molecular complexity index is 1240. The highest BCUT2D eigenvalue weighted by molar-refractivity contribution is 9.10. The highest BCUT2D eigenvalue weighted by atomic mass is 79.9. The number of hydrogen-bond acceptors (Lipinski definition) is 7. The maximum absolute atomic E-state index is 11.4. The molecule has 1 fully saturated rings. The number of carbonyl (C=O) groups is 1. The van der Waals surface area contributed by atoms with Gasteiger partial charge in [-0.1, -0.05) is 12.1 Å². The number of nitrogens with zero attached hydrogens (tertiary/aromatic N) is 6. The second-order valence-corrected chi connectivity index (χ2v) is 8.59. The molecule has 0 saturated carbocycles. The molecule has 0 radical (unpaired) electrons. The number of rotatable bonds is 5. The Balaban J connectivity index is 1.44. The second-order valence-electron chi connectivity index (χ2n) is 7.73. The quantitative estimate of drug-likeness (QED) is 0.394. The highest BCUT2D eigenvalue weighted by Gasteiger charge is 2.31. The van der Waals surface area contributed by atoms with Gasteiger partial charge >= 0.3 is 5.97 Å². The van der Waals surface area contributed by atoms with Crippen molar-refractivity contribution in [2.45, 2.75) is 32.4 Å². The SMILES string of the molecule is CC1CC(C(=O)O)CCN1c1nc(NCc2nc3ccccc3[nH]2)n2ncc(Br)c2n1. The molecule has 160 valence electrons. The number of carboxylic acids is 1. The monoisotopic (exact) mass is 484 g/mol. The number of benzene rings is 1. The summed E-state index contributed by atoms with van der Waals surface area (Å²) in [5.74, 6) is 0.809. The lowest BCUT2D eigenvalue weighted by Gasteiger charge is -2.36. The molecule has 2 unspecified atom stereocenters. The molecule has 11 heteroatoms. The lowest BCUT2D eigenvalue weighted by Crippen LogP contribution is -2.43. The minimum Gasteiger partial charge on any atom is -0.481 e. The van der Waals surface area contributed by atoms with E-state index in [9.17, 15) is 9.90 Å². The predicted molar refractivity (Wildman–Crippen MR) is 119 cm³/mol. The van der Waals surface area contributed by atoms with Crippen LogP contribution in [0.5, 0.6) is 0 Å². The third kappa shape index (κ3) is 3.69. The van der Waals surface area contributed by atoms with E-state index in [2.05, 4.69) is 46.2 Å². The molecule has 1 aliphatic rings. The summed E-state index contributed by atoms with van der Waals surface area (Å²) in [5, 5.41) is 17.0. The van der Waals surface area contributed by atoms with Crippen LogP contribution >= 0.6 is 15.9 Å². The number of H-pyrrole nitrogens is 1. The van der Waals surface area contributed by atoms with Crippen LogP contribution < -0.4 is 10.2 Å². The van der Waals surface area contributed by atoms with Crippen LogP contribution in [0.2, 0.25) is 0 Å². The summed E-state index contributed by atoms with van der Waals surface area (Å²) in [4.78, 5) is 30.7. The molecule has 1 aromatic carbocycles. The molecule has 2 atom stereocenters. The van der Waals surface area contributed by atoms with Crippen molar-refractivity contribution >= 4 is 50.5 Å². The molecular formula is C20H21BrN8O2. The van der Waals surface area contributed by atoms with Crippen molar-refractivity contribution < 1.29 is 9.90 Å². The molecule has 0 amide bonds. The van der Waals surface area contributed by atoms with Gasteiger partial charge in [-0.05, 0) is 47.8 Å². The van der Waals surface area contributed by atoms with Crippen LogP contribution in [0.1, 0.15) is 25.6 Å². The zero-order chi connectivity index (χ0) is 21.5. The first kappa shape index (κ1) is 19.7. The molecular weight excluding hydrogens is 464 g/mol. The summed E-state index contributed by atoms with van der Waals surface area (Å²) in [6.45, 7) is 3.03. The topological polar surface area (TPSA) is 124 Å². The molecule has 4 aromatic rings. The maximum Gasteiger partial charge on any atom is 0.306 e. The van der Waals surface area contributed by atoms with E-state index in [0.29, 0.717) is 43.5 Å². The summed E-state index contributed by atoms with van der Waals surface area (Å²) < 4.78 is 2.40. The van der Waals surface area contributed by atoms with Crippen LogP contribution in [0, 0.1) is 5.92 Å². The van der Waals surface area contributed by atoms with Gasteiger partial charge in [-0.15, -0.1) is 0 Å². The third-order valence-corrected chi connectivity index (χ3v) is 6.21. The first-order valence-electron chi connectivity index (χ1n) is 10.1. The highest BCUT2D eigenvalue weighted by Crippen LogP contribution is 2.28. The number of aromatic nitrogens is 6. The summed E-state index contributed by atoms with van der Waals surface area (Å²) in [5.41, 5.74) is 2.53. The zero-order valence-corrected chi connectivity index (χ0v) is 18.4. The molecule has 0 spiro atoms. The average molecular weight is 485 g/mol. The number of hydrogen-bond donors (Lipinski definition) is 3. The van der Waals surface area contributed by atoms with E-state index >= 15 is 0 Å². The standard InChI is InChI=1S/C20H21BrN8O2/c1-11-8-12(18(30)31)6-7-28(11)20-26-17-13(21)9-23-29(17)19(27-20)22-10-16-24-14-4-2-3-5-15(14)25-16/h2-5,9,11-12H,6-8,10H2,1H3,(H,24,25)(H,30,31)(H,22,26,27). The van der Waals surface area contributed by atoms with Crippen LogP contribution in [0.15, 0.2) is 34.9 Å². The van der Waals surface area contributed by atoms with E-state index in [1.165, 1.54) is 0 Å². The van der Waals surface area contributed by atoms with E-state index in [1.807, 2.05) is 31.2 Å². The minimum atomic E-state index is -0.741. The van der Waals surface area contributed by atoms with E-state index in [-0.39, 0.29) is 12.0 Å². The van der Waals surface area contributed by atoms with Gasteiger partial charge in [-0.3, -0.25) is 4.79 Å². The first-order chi connectivity index (χ1) is 15.0. The van der Waals surface area contributed by atoms with Gasteiger partial charge in [0.15, 0.2) is 5.65 Å². The van der Waals surface area contributed by atoms with Crippen molar-refractivity contribution in [3.05, 3.63) is 40.8 Å². The van der Waals surface area contributed by atoms with Gasteiger partial charge < -0.3 is 20.3 Å². The van der Waals surface area contributed by atoms with Crippen LogP contribution in [-0.4, -0.2) is 53.2 Å². The van der Waals surface area contributed by atoms with Crippen LogP contribution in [0.25, 0.3) is 16.7 Å². The predicted octanol–water partition coefficient (Wildman–Crippen LogP) is 3.06. The number of fused-ring (bicyclic) bond motifs is 2. The van der Waals surface area contributed by atoms with Crippen LogP contribution in [-0.2, 0) is 11.3 Å². The number of aromatic amines is 1. The molecule has 3 aromatic heterocycles. The van der Waals surface area contributed by atoms with Crippen molar-refractivity contribution in [3.8, 4) is 0 Å². The number of para-hydroxylation sites is 2. The maximum atomic E-state index is 11.4. The largest absolute Gasteiger partial charge is 0.481 e. The molecule has 1 aliphatic heterocycles. The van der Waals surface area contributed by atoms with Gasteiger partial charge in [0.2, 0.25) is 11.9 Å². The fraction of sp³-hybridized carbons (Fsp3) is 0.350. The van der Waals surface area contributed by atoms with Gasteiger partial charge in [0.05, 0.1) is 34.2 Å². The lowest BCUT2D eigenvalue weighted by atomic mass is 9.92. The number of aliphatic carboxylic acids is 1. The van der Waals surface area contributed by atoms with Crippen molar-refractivity contribution in [2.24, 2.45) is 5.92 Å². The zero-order valence-electron chi connectivity index (χ0n) is 16.8. The smallest absolute Gasteiger partial charge is 0.306 e. The first-order valence-corrected chi connectivity index (χ1v) is 10.9. The molecule has 31 heavy (non-hydrogen) atoms. The number of halogens is 1. The summed E-state index contributed by atoms with van der Waals surface area (Å²) in [6.07, 6.45) is 2.81. The molecule has 0 bridgehead atoms.